The van der Waals surface area contributed by atoms with Crippen LogP contribution in [0.15, 0.2) is 59.9 Å². The fourth-order valence-corrected chi connectivity index (χ4v) is 3.82. The minimum Gasteiger partial charge on any atom is -0.388 e. The van der Waals surface area contributed by atoms with Gasteiger partial charge in [-0.2, -0.15) is 0 Å². The van der Waals surface area contributed by atoms with E-state index in [4.69, 9.17) is 0 Å². The van der Waals surface area contributed by atoms with E-state index in [1.807, 2.05) is 18.2 Å². The van der Waals surface area contributed by atoms with Gasteiger partial charge in [-0.05, 0) is 43.0 Å². The minimum absolute atomic E-state index is 0.0837. The molecule has 1 aromatic carbocycles. The van der Waals surface area contributed by atoms with Crippen molar-refractivity contribution in [3.63, 3.8) is 0 Å². The summed E-state index contributed by atoms with van der Waals surface area (Å²) in [5.74, 6) is 0.0837. The van der Waals surface area contributed by atoms with Crippen LogP contribution in [0, 0.1) is 0 Å². The van der Waals surface area contributed by atoms with Gasteiger partial charge in [0.05, 0.1) is 29.4 Å². The molecule has 0 spiro atoms. The summed E-state index contributed by atoms with van der Waals surface area (Å²) >= 11 is 0. The molecule has 1 fully saturated rings. The molecule has 4 rings (SSSR count). The Labute approximate surface area is 168 Å². The normalized spacial score (nSPS) is 16.1. The van der Waals surface area contributed by atoms with Gasteiger partial charge in [0.1, 0.15) is 0 Å². The number of pyridine rings is 1. The molecule has 150 valence electrons. The van der Waals surface area contributed by atoms with Crippen LogP contribution < -0.4 is 5.56 Å². The summed E-state index contributed by atoms with van der Waals surface area (Å²) < 4.78 is 1.47. The van der Waals surface area contributed by atoms with Crippen LogP contribution in [0.3, 0.4) is 0 Å². The van der Waals surface area contributed by atoms with E-state index in [0.29, 0.717) is 49.7 Å². The fourth-order valence-electron chi connectivity index (χ4n) is 3.82. The SMILES string of the molecule is O=C(CCc1cccnc1)N1CCC(O)(Cn2cnc3ccccc3c2=O)CC1. The Morgan fingerprint density at radius 2 is 1.93 bits per heavy atom. The van der Waals surface area contributed by atoms with E-state index in [1.165, 1.54) is 10.9 Å². The quantitative estimate of drug-likeness (QED) is 0.715. The van der Waals surface area contributed by atoms with E-state index in [2.05, 4.69) is 9.97 Å². The van der Waals surface area contributed by atoms with Crippen LogP contribution in [-0.4, -0.2) is 49.1 Å². The third-order valence-corrected chi connectivity index (χ3v) is 5.59. The molecule has 2 aromatic heterocycles. The second-order valence-corrected chi connectivity index (χ2v) is 7.66. The van der Waals surface area contributed by atoms with Crippen molar-refractivity contribution in [2.75, 3.05) is 13.1 Å². The van der Waals surface area contributed by atoms with Crippen molar-refractivity contribution in [1.82, 2.24) is 19.4 Å². The number of likely N-dealkylation sites (tertiary alicyclic amines) is 1. The predicted octanol–water partition coefficient (Wildman–Crippen LogP) is 1.78. The van der Waals surface area contributed by atoms with Crippen LogP contribution in [0.5, 0.6) is 0 Å². The number of carbonyl (C=O) groups excluding carboxylic acids is 1. The van der Waals surface area contributed by atoms with Crippen molar-refractivity contribution in [3.05, 3.63) is 71.0 Å². The summed E-state index contributed by atoms with van der Waals surface area (Å²) in [7, 11) is 0. The van der Waals surface area contributed by atoms with Gasteiger partial charge in [-0.15, -0.1) is 0 Å². The molecule has 0 bridgehead atoms. The van der Waals surface area contributed by atoms with E-state index in [-0.39, 0.29) is 18.0 Å². The lowest BCUT2D eigenvalue weighted by molar-refractivity contribution is -0.135. The maximum atomic E-state index is 12.7. The van der Waals surface area contributed by atoms with E-state index in [9.17, 15) is 14.7 Å². The second-order valence-electron chi connectivity index (χ2n) is 7.66. The van der Waals surface area contributed by atoms with Crippen molar-refractivity contribution in [1.29, 1.82) is 0 Å². The molecular weight excluding hydrogens is 368 g/mol. The number of rotatable bonds is 5. The van der Waals surface area contributed by atoms with Gasteiger partial charge in [-0.25, -0.2) is 4.98 Å². The standard InChI is InChI=1S/C22H24N4O3/c27-20(8-7-17-4-3-11-23-14-17)25-12-9-22(29,10-13-25)15-26-16-24-19-6-2-1-5-18(19)21(26)28/h1-6,11,14,16,29H,7-10,12-13,15H2. The van der Waals surface area contributed by atoms with Crippen LogP contribution in [-0.2, 0) is 17.8 Å². The van der Waals surface area contributed by atoms with Crippen molar-refractivity contribution in [3.8, 4) is 0 Å². The molecule has 1 N–H and O–H groups in total. The highest BCUT2D eigenvalue weighted by atomic mass is 16.3. The van der Waals surface area contributed by atoms with Gasteiger partial charge in [0, 0.05) is 31.9 Å². The molecule has 3 aromatic rings. The first-order valence-corrected chi connectivity index (χ1v) is 9.87. The number of aromatic nitrogens is 3. The molecule has 7 nitrogen and oxygen atoms in total. The summed E-state index contributed by atoms with van der Waals surface area (Å²) in [6.45, 7) is 1.15. The van der Waals surface area contributed by atoms with Gasteiger partial charge in [0.25, 0.3) is 5.56 Å². The Morgan fingerprint density at radius 3 is 2.69 bits per heavy atom. The molecule has 3 heterocycles. The van der Waals surface area contributed by atoms with Crippen LogP contribution >= 0.6 is 0 Å². The average Bonchev–Trinajstić information content (AvgIpc) is 2.75. The fraction of sp³-hybridized carbons (Fsp3) is 0.364. The van der Waals surface area contributed by atoms with Gasteiger partial charge in [-0.3, -0.25) is 19.1 Å². The first-order valence-electron chi connectivity index (χ1n) is 9.87. The number of aryl methyl sites for hydroxylation is 1. The topological polar surface area (TPSA) is 88.3 Å². The molecule has 29 heavy (non-hydrogen) atoms. The molecule has 7 heteroatoms. The third kappa shape index (κ3) is 4.35. The molecule has 0 radical (unpaired) electrons. The highest BCUT2D eigenvalue weighted by Gasteiger charge is 2.34. The number of benzene rings is 1. The molecular formula is C22H24N4O3. The van der Waals surface area contributed by atoms with Gasteiger partial charge in [0.2, 0.25) is 5.91 Å². The summed E-state index contributed by atoms with van der Waals surface area (Å²) in [6.07, 6.45) is 6.94. The van der Waals surface area contributed by atoms with Crippen LogP contribution in [0.1, 0.15) is 24.8 Å². The lowest BCUT2D eigenvalue weighted by Crippen LogP contribution is -2.49. The predicted molar refractivity (Wildman–Crippen MR) is 109 cm³/mol. The monoisotopic (exact) mass is 392 g/mol. The minimum atomic E-state index is -1.02. The first-order chi connectivity index (χ1) is 14.0. The number of nitrogens with zero attached hydrogens (tertiary/aromatic N) is 4. The maximum absolute atomic E-state index is 12.7. The first kappa shape index (κ1) is 19.3. The smallest absolute Gasteiger partial charge is 0.261 e. The molecule has 0 unspecified atom stereocenters. The zero-order chi connectivity index (χ0) is 20.3. The zero-order valence-electron chi connectivity index (χ0n) is 16.2. The number of piperidine rings is 1. The summed E-state index contributed by atoms with van der Waals surface area (Å²) in [4.78, 5) is 35.4. The molecule has 0 aliphatic carbocycles. The molecule has 1 saturated heterocycles. The van der Waals surface area contributed by atoms with E-state index in [0.717, 1.165) is 5.56 Å². The van der Waals surface area contributed by atoms with Crippen LogP contribution in [0.2, 0.25) is 0 Å². The summed E-state index contributed by atoms with van der Waals surface area (Å²) in [5.41, 5.74) is 0.514. The largest absolute Gasteiger partial charge is 0.388 e. The molecule has 1 aliphatic rings. The van der Waals surface area contributed by atoms with Gasteiger partial charge in [0.15, 0.2) is 0 Å². The average molecular weight is 392 g/mol. The van der Waals surface area contributed by atoms with Gasteiger partial charge in [-0.1, -0.05) is 18.2 Å². The number of para-hydroxylation sites is 1. The number of hydrogen-bond acceptors (Lipinski definition) is 5. The van der Waals surface area contributed by atoms with Crippen LogP contribution in [0.25, 0.3) is 10.9 Å². The van der Waals surface area contributed by atoms with Crippen LogP contribution in [0.4, 0.5) is 0 Å². The second kappa shape index (κ2) is 8.13. The number of hydrogen-bond donors (Lipinski definition) is 1. The van der Waals surface area contributed by atoms with E-state index >= 15 is 0 Å². The van der Waals surface area contributed by atoms with Crippen molar-refractivity contribution >= 4 is 16.8 Å². The molecule has 0 saturated carbocycles. The number of carbonyl (C=O) groups is 1. The Bertz CT molecular complexity index is 1060. The highest BCUT2D eigenvalue weighted by Crippen LogP contribution is 2.24. The number of fused-ring (bicyclic) bond motifs is 1. The Balaban J connectivity index is 1.36. The number of amides is 1. The lowest BCUT2D eigenvalue weighted by Gasteiger charge is -2.38. The van der Waals surface area contributed by atoms with E-state index < -0.39 is 5.60 Å². The third-order valence-electron chi connectivity index (χ3n) is 5.59. The maximum Gasteiger partial charge on any atom is 0.261 e. The summed E-state index contributed by atoms with van der Waals surface area (Å²) in [5, 5.41) is 11.5. The lowest BCUT2D eigenvalue weighted by atomic mass is 9.91. The Kier molecular flexibility index (Phi) is 5.40. The molecule has 0 atom stereocenters. The van der Waals surface area contributed by atoms with Gasteiger partial charge < -0.3 is 10.0 Å². The van der Waals surface area contributed by atoms with E-state index in [1.54, 1.807) is 35.5 Å². The molecule has 1 amide bonds. The van der Waals surface area contributed by atoms with Crippen molar-refractivity contribution in [2.24, 2.45) is 0 Å². The van der Waals surface area contributed by atoms with Crippen molar-refractivity contribution < 1.29 is 9.90 Å². The van der Waals surface area contributed by atoms with Crippen molar-refractivity contribution in [2.45, 2.75) is 37.8 Å². The summed E-state index contributed by atoms with van der Waals surface area (Å²) in [6, 6.07) is 11.0. The van der Waals surface area contributed by atoms with Gasteiger partial charge >= 0.3 is 0 Å². The zero-order valence-corrected chi connectivity index (χ0v) is 16.2. The Hall–Kier alpha value is -3.06. The highest BCUT2D eigenvalue weighted by molar-refractivity contribution is 5.77. The molecule has 1 aliphatic heterocycles. The Morgan fingerprint density at radius 1 is 1.14 bits per heavy atom. The number of aliphatic hydroxyl groups is 1.